The van der Waals surface area contributed by atoms with Gasteiger partial charge in [0.15, 0.2) is 0 Å². The zero-order valence-electron chi connectivity index (χ0n) is 19.4. The summed E-state index contributed by atoms with van der Waals surface area (Å²) in [5.74, 6) is 4.90. The Kier molecular flexibility index (Phi) is 6.53. The molecule has 3 aromatic rings. The molecule has 0 bridgehead atoms. The number of nitrogens with zero attached hydrogens (tertiary/aromatic N) is 3. The van der Waals surface area contributed by atoms with Crippen molar-refractivity contribution in [1.29, 1.82) is 0 Å². The first-order valence-corrected chi connectivity index (χ1v) is 10.9. The summed E-state index contributed by atoms with van der Waals surface area (Å²) in [5, 5.41) is 19.0. The van der Waals surface area contributed by atoms with Crippen molar-refractivity contribution < 1.29 is 23.8 Å². The molecule has 4 rings (SSSR count). The maximum atomic E-state index is 13.4. The van der Waals surface area contributed by atoms with Gasteiger partial charge in [-0.25, -0.2) is 9.37 Å². The number of H-pyrrole nitrogens is 1. The lowest BCUT2D eigenvalue weighted by Crippen LogP contribution is -2.49. The number of aromatic amines is 1. The number of aromatic nitrogens is 3. The van der Waals surface area contributed by atoms with E-state index >= 15 is 0 Å². The number of halogens is 1. The number of amides is 2. The molecular weight excluding hydrogens is 453 g/mol. The molecule has 9 nitrogen and oxygen atoms in total. The summed E-state index contributed by atoms with van der Waals surface area (Å²) >= 11 is 0. The Morgan fingerprint density at radius 1 is 1.34 bits per heavy atom. The van der Waals surface area contributed by atoms with Crippen LogP contribution in [-0.2, 0) is 11.2 Å². The van der Waals surface area contributed by atoms with E-state index in [0.29, 0.717) is 28.4 Å². The summed E-state index contributed by atoms with van der Waals surface area (Å²) in [7, 11) is 1.58. The summed E-state index contributed by atoms with van der Waals surface area (Å²) in [6.45, 7) is 3.07. The molecule has 0 unspecified atom stereocenters. The van der Waals surface area contributed by atoms with Crippen LogP contribution in [0.15, 0.2) is 42.5 Å². The predicted octanol–water partition coefficient (Wildman–Crippen LogP) is 1.81. The first-order valence-electron chi connectivity index (χ1n) is 10.9. The quantitative estimate of drug-likeness (QED) is 0.493. The predicted molar refractivity (Wildman–Crippen MR) is 125 cm³/mol. The number of aliphatic hydroxyl groups is 1. The highest BCUT2D eigenvalue weighted by molar-refractivity contribution is 6.02. The van der Waals surface area contributed by atoms with E-state index in [2.05, 4.69) is 32.3 Å². The largest absolute Gasteiger partial charge is 0.489 e. The van der Waals surface area contributed by atoms with Crippen LogP contribution in [0.5, 0.6) is 5.75 Å². The van der Waals surface area contributed by atoms with E-state index in [1.807, 2.05) is 0 Å². The Morgan fingerprint density at radius 3 is 2.89 bits per heavy atom. The van der Waals surface area contributed by atoms with Gasteiger partial charge < -0.3 is 20.1 Å². The smallest absolute Gasteiger partial charge is 0.291 e. The molecule has 0 spiro atoms. The molecule has 2 heterocycles. The van der Waals surface area contributed by atoms with Gasteiger partial charge in [-0.05, 0) is 49.7 Å². The van der Waals surface area contributed by atoms with Crippen molar-refractivity contribution in [2.24, 2.45) is 0 Å². The van der Waals surface area contributed by atoms with E-state index in [9.17, 15) is 19.1 Å². The number of benzene rings is 2. The van der Waals surface area contributed by atoms with Crippen LogP contribution in [0.4, 0.5) is 10.1 Å². The van der Waals surface area contributed by atoms with E-state index in [1.165, 1.54) is 17.0 Å². The van der Waals surface area contributed by atoms with Gasteiger partial charge in [-0.15, -0.1) is 5.10 Å². The highest BCUT2D eigenvalue weighted by atomic mass is 19.1. The second kappa shape index (κ2) is 9.56. The Bertz CT molecular complexity index is 1340. The normalized spacial score (nSPS) is 15.4. The number of ether oxygens (including phenoxy) is 1. The Labute approximate surface area is 201 Å². The second-order valence-electron chi connectivity index (χ2n) is 8.64. The monoisotopic (exact) mass is 477 g/mol. The lowest BCUT2D eigenvalue weighted by atomic mass is 10.1. The van der Waals surface area contributed by atoms with Crippen LogP contribution in [0, 0.1) is 17.7 Å². The zero-order valence-corrected chi connectivity index (χ0v) is 19.4. The second-order valence-corrected chi connectivity index (χ2v) is 8.64. The maximum absolute atomic E-state index is 13.4. The number of carbonyl (C=O) groups excluding carboxylic acids is 2. The first-order chi connectivity index (χ1) is 16.6. The van der Waals surface area contributed by atoms with Gasteiger partial charge >= 0.3 is 0 Å². The molecule has 0 radical (unpaired) electrons. The fourth-order valence-corrected chi connectivity index (χ4v) is 3.44. The number of likely N-dealkylation sites (N-methyl/N-ethyl adjacent to an activating group) is 1. The minimum atomic E-state index is -1.15. The average molecular weight is 477 g/mol. The molecular formula is C25H24FN5O4. The number of nitrogens with one attached hydrogen (secondary N) is 2. The van der Waals surface area contributed by atoms with Gasteiger partial charge in [-0.2, -0.15) is 0 Å². The average Bonchev–Trinajstić information content (AvgIpc) is 3.23. The minimum absolute atomic E-state index is 0.0861. The van der Waals surface area contributed by atoms with Gasteiger partial charge in [-0.1, -0.05) is 24.0 Å². The molecule has 1 aliphatic rings. The van der Waals surface area contributed by atoms with Crippen molar-refractivity contribution in [2.45, 2.75) is 31.9 Å². The summed E-state index contributed by atoms with van der Waals surface area (Å²) in [5.41, 5.74) is 0.608. The lowest BCUT2D eigenvalue weighted by Gasteiger charge is -2.20. The van der Waals surface area contributed by atoms with Crippen molar-refractivity contribution in [3.8, 4) is 17.6 Å². The van der Waals surface area contributed by atoms with E-state index in [4.69, 9.17) is 4.74 Å². The van der Waals surface area contributed by atoms with Gasteiger partial charge in [-0.3, -0.25) is 14.7 Å². The molecule has 0 saturated heterocycles. The van der Waals surface area contributed by atoms with Crippen molar-refractivity contribution >= 4 is 17.5 Å². The third kappa shape index (κ3) is 5.83. The van der Waals surface area contributed by atoms with Crippen molar-refractivity contribution in [3.63, 3.8) is 0 Å². The van der Waals surface area contributed by atoms with Gasteiger partial charge in [0.25, 0.3) is 11.8 Å². The highest BCUT2D eigenvalue weighted by Gasteiger charge is 2.31. The standard InChI is InChI=1S/C25H24FN5O4/c1-25(2,34)10-9-15-7-8-20-19(12-15)31(3)24(33)18(14-35-20)27-23(32)22-28-21(29-30-22)13-16-5-4-6-17(26)11-16/h4-8,11-12,18,34H,13-14H2,1-3H3,(H,27,32)(H,28,29,30)/t18-/m0/s1. The zero-order chi connectivity index (χ0) is 25.2. The Balaban J connectivity index is 1.45. The van der Waals surface area contributed by atoms with Crippen LogP contribution in [0.2, 0.25) is 0 Å². The van der Waals surface area contributed by atoms with E-state index in [-0.39, 0.29) is 30.6 Å². The number of rotatable bonds is 4. The van der Waals surface area contributed by atoms with Crippen LogP contribution in [0.1, 0.15) is 41.4 Å². The van der Waals surface area contributed by atoms with E-state index < -0.39 is 17.6 Å². The molecule has 2 amide bonds. The van der Waals surface area contributed by atoms with Crippen LogP contribution < -0.4 is 15.0 Å². The van der Waals surface area contributed by atoms with Crippen LogP contribution >= 0.6 is 0 Å². The molecule has 1 atom stereocenters. The fraction of sp³-hybridized carbons (Fsp3) is 0.280. The Morgan fingerprint density at radius 2 is 2.14 bits per heavy atom. The minimum Gasteiger partial charge on any atom is -0.489 e. The van der Waals surface area contributed by atoms with Gasteiger partial charge in [0.2, 0.25) is 5.82 Å². The van der Waals surface area contributed by atoms with Crippen molar-refractivity contribution in [3.05, 3.63) is 71.1 Å². The van der Waals surface area contributed by atoms with Crippen LogP contribution in [0.3, 0.4) is 0 Å². The number of anilines is 1. The van der Waals surface area contributed by atoms with Crippen LogP contribution in [-0.4, -0.2) is 57.4 Å². The number of hydrogen-bond donors (Lipinski definition) is 3. The molecule has 0 aliphatic carbocycles. The first kappa shape index (κ1) is 23.9. The fourth-order valence-electron chi connectivity index (χ4n) is 3.44. The lowest BCUT2D eigenvalue weighted by molar-refractivity contribution is -0.120. The SMILES string of the molecule is CN1C(=O)[C@@H](NC(=O)c2n[nH]c(Cc3cccc(F)c3)n2)COc2ccc(C#CC(C)(C)O)cc21. The van der Waals surface area contributed by atoms with E-state index in [0.717, 1.165) is 0 Å². The Hall–Kier alpha value is -4.23. The number of carbonyl (C=O) groups is 2. The van der Waals surface area contributed by atoms with Gasteiger partial charge in [0, 0.05) is 19.0 Å². The molecule has 0 fully saturated rings. The molecule has 1 aliphatic heterocycles. The maximum Gasteiger partial charge on any atom is 0.291 e. The molecule has 10 heteroatoms. The van der Waals surface area contributed by atoms with Crippen molar-refractivity contribution in [1.82, 2.24) is 20.5 Å². The molecule has 3 N–H and O–H groups in total. The molecule has 35 heavy (non-hydrogen) atoms. The third-order valence-electron chi connectivity index (χ3n) is 5.17. The highest BCUT2D eigenvalue weighted by Crippen LogP contribution is 2.31. The number of fused-ring (bicyclic) bond motifs is 1. The summed E-state index contributed by atoms with van der Waals surface area (Å²) in [6, 6.07) is 10.2. The number of hydrogen-bond acceptors (Lipinski definition) is 6. The topological polar surface area (TPSA) is 120 Å². The van der Waals surface area contributed by atoms with Gasteiger partial charge in [0.1, 0.15) is 35.6 Å². The summed E-state index contributed by atoms with van der Waals surface area (Å²) < 4.78 is 19.2. The molecule has 1 aromatic heterocycles. The van der Waals surface area contributed by atoms with Gasteiger partial charge in [0.05, 0.1) is 5.69 Å². The summed E-state index contributed by atoms with van der Waals surface area (Å²) in [6.07, 6.45) is 0.264. The molecule has 180 valence electrons. The van der Waals surface area contributed by atoms with Crippen molar-refractivity contribution in [2.75, 3.05) is 18.6 Å². The van der Waals surface area contributed by atoms with Crippen LogP contribution in [0.25, 0.3) is 0 Å². The summed E-state index contributed by atoms with van der Waals surface area (Å²) in [4.78, 5) is 31.3. The third-order valence-corrected chi connectivity index (χ3v) is 5.17. The molecule has 0 saturated carbocycles. The molecule has 2 aromatic carbocycles. The van der Waals surface area contributed by atoms with E-state index in [1.54, 1.807) is 51.2 Å².